The SMILES string of the molecule is COc1ccccc1C(=O)NCC(=O)OCC(=O)Nc1sc2c(c1C#N)CCC2. The van der Waals surface area contributed by atoms with Crippen LogP contribution < -0.4 is 15.4 Å². The number of hydrogen-bond donors (Lipinski definition) is 2. The van der Waals surface area contributed by atoms with Crippen LogP contribution in [0.2, 0.25) is 0 Å². The van der Waals surface area contributed by atoms with Gasteiger partial charge in [0.2, 0.25) is 0 Å². The van der Waals surface area contributed by atoms with E-state index in [4.69, 9.17) is 9.47 Å². The van der Waals surface area contributed by atoms with Crippen LogP contribution in [0.5, 0.6) is 5.75 Å². The van der Waals surface area contributed by atoms with E-state index in [1.54, 1.807) is 24.3 Å². The third-order valence-electron chi connectivity index (χ3n) is 4.40. The fraction of sp³-hybridized carbons (Fsp3) is 0.300. The van der Waals surface area contributed by atoms with Crippen molar-refractivity contribution in [2.75, 3.05) is 25.6 Å². The van der Waals surface area contributed by atoms with E-state index in [0.29, 0.717) is 16.3 Å². The number of methoxy groups -OCH3 is 1. The molecule has 0 radical (unpaired) electrons. The molecule has 1 aliphatic rings. The van der Waals surface area contributed by atoms with Crippen LogP contribution in [0.25, 0.3) is 0 Å². The number of ether oxygens (including phenoxy) is 2. The number of anilines is 1. The number of hydrogen-bond acceptors (Lipinski definition) is 7. The van der Waals surface area contributed by atoms with Gasteiger partial charge in [0.05, 0.1) is 18.2 Å². The summed E-state index contributed by atoms with van der Waals surface area (Å²) in [5.74, 6) is -1.40. The first-order valence-corrected chi connectivity index (χ1v) is 9.76. The monoisotopic (exact) mass is 413 g/mol. The Morgan fingerprint density at radius 1 is 1.24 bits per heavy atom. The Morgan fingerprint density at radius 2 is 2.03 bits per heavy atom. The van der Waals surface area contributed by atoms with E-state index in [2.05, 4.69) is 16.7 Å². The fourth-order valence-corrected chi connectivity index (χ4v) is 4.31. The Bertz CT molecular complexity index is 992. The Morgan fingerprint density at radius 3 is 2.79 bits per heavy atom. The Labute approximate surface area is 171 Å². The molecule has 9 heteroatoms. The minimum Gasteiger partial charge on any atom is -0.496 e. The molecule has 3 rings (SSSR count). The average molecular weight is 413 g/mol. The van der Waals surface area contributed by atoms with Gasteiger partial charge in [0.15, 0.2) is 6.61 Å². The molecule has 0 aliphatic heterocycles. The zero-order valence-corrected chi connectivity index (χ0v) is 16.6. The van der Waals surface area contributed by atoms with E-state index < -0.39 is 24.4 Å². The van der Waals surface area contributed by atoms with Crippen LogP contribution in [0.4, 0.5) is 5.00 Å². The lowest BCUT2D eigenvalue weighted by Crippen LogP contribution is -2.32. The number of para-hydroxylation sites is 1. The summed E-state index contributed by atoms with van der Waals surface area (Å²) in [5.41, 5.74) is 1.78. The molecule has 0 fully saturated rings. The van der Waals surface area contributed by atoms with Crippen molar-refractivity contribution in [1.82, 2.24) is 5.32 Å². The zero-order chi connectivity index (χ0) is 20.8. The van der Waals surface area contributed by atoms with Crippen LogP contribution in [0.15, 0.2) is 24.3 Å². The van der Waals surface area contributed by atoms with Gasteiger partial charge in [-0.3, -0.25) is 14.4 Å². The van der Waals surface area contributed by atoms with Crippen LogP contribution >= 0.6 is 11.3 Å². The minimum atomic E-state index is -0.752. The summed E-state index contributed by atoms with van der Waals surface area (Å²) in [5, 5.41) is 14.9. The average Bonchev–Trinajstić information content (AvgIpc) is 3.31. The number of thiophene rings is 1. The number of aryl methyl sites for hydroxylation is 1. The molecule has 0 saturated heterocycles. The zero-order valence-electron chi connectivity index (χ0n) is 15.7. The fourth-order valence-electron chi connectivity index (χ4n) is 3.05. The summed E-state index contributed by atoms with van der Waals surface area (Å²) < 4.78 is 9.99. The summed E-state index contributed by atoms with van der Waals surface area (Å²) >= 11 is 1.39. The highest BCUT2D eigenvalue weighted by atomic mass is 32.1. The molecule has 1 heterocycles. The molecule has 0 saturated carbocycles. The number of benzene rings is 1. The summed E-state index contributed by atoms with van der Waals surface area (Å²) in [7, 11) is 1.44. The van der Waals surface area contributed by atoms with Crippen LogP contribution in [-0.4, -0.2) is 38.0 Å². The number of nitrogens with one attached hydrogen (secondary N) is 2. The maximum atomic E-state index is 12.1. The molecule has 2 N–H and O–H groups in total. The van der Waals surface area contributed by atoms with Gasteiger partial charge >= 0.3 is 5.97 Å². The molecule has 1 aromatic heterocycles. The number of carbonyl (C=O) groups excluding carboxylic acids is 3. The van der Waals surface area contributed by atoms with Gasteiger partial charge < -0.3 is 20.1 Å². The Hall–Kier alpha value is -3.38. The third kappa shape index (κ3) is 4.73. The molecule has 0 unspecified atom stereocenters. The molecule has 1 aromatic carbocycles. The Balaban J connectivity index is 1.47. The Kier molecular flexibility index (Phi) is 6.46. The summed E-state index contributed by atoms with van der Waals surface area (Å²) in [6, 6.07) is 8.74. The number of nitriles is 1. The summed E-state index contributed by atoms with van der Waals surface area (Å²) in [6.45, 7) is -0.891. The molecular formula is C20H19N3O5S. The maximum absolute atomic E-state index is 12.1. The molecule has 0 spiro atoms. The van der Waals surface area contributed by atoms with Crippen molar-refractivity contribution in [3.8, 4) is 11.8 Å². The van der Waals surface area contributed by atoms with Gasteiger partial charge in [-0.05, 0) is 37.0 Å². The standard InChI is InChI=1S/C20H19N3O5S/c1-27-15-7-3-2-5-13(15)19(26)22-10-18(25)28-11-17(24)23-20-14(9-21)12-6-4-8-16(12)29-20/h2-3,5,7H,4,6,8,10-11H2,1H3,(H,22,26)(H,23,24). The van der Waals surface area contributed by atoms with Gasteiger partial charge in [0, 0.05) is 4.88 Å². The van der Waals surface area contributed by atoms with Crippen molar-refractivity contribution >= 4 is 34.1 Å². The quantitative estimate of drug-likeness (QED) is 0.671. The van der Waals surface area contributed by atoms with Crippen molar-refractivity contribution in [1.29, 1.82) is 5.26 Å². The van der Waals surface area contributed by atoms with Crippen LogP contribution in [0, 0.1) is 11.3 Å². The molecule has 0 atom stereocenters. The van der Waals surface area contributed by atoms with Crippen molar-refractivity contribution in [2.24, 2.45) is 0 Å². The van der Waals surface area contributed by atoms with Crippen LogP contribution in [-0.2, 0) is 27.2 Å². The smallest absolute Gasteiger partial charge is 0.325 e. The van der Waals surface area contributed by atoms with E-state index >= 15 is 0 Å². The third-order valence-corrected chi connectivity index (χ3v) is 5.60. The van der Waals surface area contributed by atoms with E-state index in [0.717, 1.165) is 29.7 Å². The van der Waals surface area contributed by atoms with Gasteiger partial charge in [-0.2, -0.15) is 5.26 Å². The predicted octanol–water partition coefficient (Wildman–Crippen LogP) is 2.03. The molecule has 0 bridgehead atoms. The van der Waals surface area contributed by atoms with Crippen LogP contribution in [0.1, 0.15) is 32.8 Å². The number of carbonyl (C=O) groups is 3. The van der Waals surface area contributed by atoms with Crippen molar-refractivity contribution in [2.45, 2.75) is 19.3 Å². The van der Waals surface area contributed by atoms with E-state index in [1.165, 1.54) is 18.4 Å². The molecular weight excluding hydrogens is 394 g/mol. The van der Waals surface area contributed by atoms with Crippen LogP contribution in [0.3, 0.4) is 0 Å². The first kappa shape index (κ1) is 20.4. The molecule has 1 aliphatic carbocycles. The summed E-state index contributed by atoms with van der Waals surface area (Å²) in [4.78, 5) is 37.1. The normalized spacial score (nSPS) is 11.9. The van der Waals surface area contributed by atoms with E-state index in [9.17, 15) is 19.6 Å². The molecule has 150 valence electrons. The second-order valence-corrected chi connectivity index (χ2v) is 7.37. The van der Waals surface area contributed by atoms with Gasteiger partial charge in [-0.25, -0.2) is 0 Å². The highest BCUT2D eigenvalue weighted by Gasteiger charge is 2.23. The number of nitrogens with zero attached hydrogens (tertiary/aromatic N) is 1. The number of rotatable bonds is 7. The predicted molar refractivity (Wildman–Crippen MR) is 106 cm³/mol. The van der Waals surface area contributed by atoms with Gasteiger partial charge in [-0.15, -0.1) is 11.3 Å². The molecule has 2 amide bonds. The lowest BCUT2D eigenvalue weighted by Gasteiger charge is -2.09. The highest BCUT2D eigenvalue weighted by molar-refractivity contribution is 7.16. The lowest BCUT2D eigenvalue weighted by molar-refractivity contribution is -0.146. The van der Waals surface area contributed by atoms with Gasteiger partial charge in [-0.1, -0.05) is 12.1 Å². The first-order chi connectivity index (χ1) is 14.0. The van der Waals surface area contributed by atoms with Crippen molar-refractivity contribution in [3.05, 3.63) is 45.8 Å². The second kappa shape index (κ2) is 9.21. The second-order valence-electron chi connectivity index (χ2n) is 6.27. The number of fused-ring (bicyclic) bond motifs is 1. The molecule has 2 aromatic rings. The topological polar surface area (TPSA) is 118 Å². The largest absolute Gasteiger partial charge is 0.496 e. The van der Waals surface area contributed by atoms with E-state index in [1.807, 2.05) is 0 Å². The first-order valence-electron chi connectivity index (χ1n) is 8.94. The molecule has 8 nitrogen and oxygen atoms in total. The minimum absolute atomic E-state index is 0.287. The van der Waals surface area contributed by atoms with Crippen molar-refractivity contribution < 1.29 is 23.9 Å². The highest BCUT2D eigenvalue weighted by Crippen LogP contribution is 2.38. The van der Waals surface area contributed by atoms with Gasteiger partial charge in [0.1, 0.15) is 23.4 Å². The van der Waals surface area contributed by atoms with Gasteiger partial charge in [0.25, 0.3) is 11.8 Å². The maximum Gasteiger partial charge on any atom is 0.325 e. The number of amides is 2. The lowest BCUT2D eigenvalue weighted by atomic mass is 10.1. The van der Waals surface area contributed by atoms with Crippen molar-refractivity contribution in [3.63, 3.8) is 0 Å². The number of esters is 1. The van der Waals surface area contributed by atoms with E-state index in [-0.39, 0.29) is 12.1 Å². The summed E-state index contributed by atoms with van der Waals surface area (Å²) in [6.07, 6.45) is 2.76. The molecule has 29 heavy (non-hydrogen) atoms.